The van der Waals surface area contributed by atoms with Crippen LogP contribution in [0.4, 0.5) is 0 Å². The quantitative estimate of drug-likeness (QED) is 0.365. The monoisotopic (exact) mass is 475 g/mol. The predicted octanol–water partition coefficient (Wildman–Crippen LogP) is 5.58. The summed E-state index contributed by atoms with van der Waals surface area (Å²) in [7, 11) is 3.36. The highest BCUT2D eigenvalue weighted by molar-refractivity contribution is 9.10. The van der Waals surface area contributed by atoms with E-state index in [1.807, 2.05) is 84.9 Å². The average molecular weight is 476 g/mol. The lowest BCUT2D eigenvalue weighted by Gasteiger charge is -2.18. The largest absolute Gasteiger partial charge is 0.480 e. The molecular formula is C25H22BrN3O2. The zero-order valence-electron chi connectivity index (χ0n) is 17.3. The number of nitrogens with zero attached hydrogens (tertiary/aromatic N) is 3. The highest BCUT2D eigenvalue weighted by atomic mass is 79.9. The average Bonchev–Trinajstić information content (AvgIpc) is 3.21. The molecule has 156 valence electrons. The number of aromatic nitrogens is 2. The van der Waals surface area contributed by atoms with Gasteiger partial charge in [0.15, 0.2) is 0 Å². The minimum absolute atomic E-state index is 0.152. The van der Waals surface area contributed by atoms with Gasteiger partial charge in [-0.25, -0.2) is 0 Å². The maximum Gasteiger partial charge on any atom is 0.261 e. The third-order valence-corrected chi connectivity index (χ3v) is 5.51. The van der Waals surface area contributed by atoms with Gasteiger partial charge in [0.05, 0.1) is 12.8 Å². The summed E-state index contributed by atoms with van der Waals surface area (Å²) < 4.78 is 8.40. The highest BCUT2D eigenvalue weighted by Crippen LogP contribution is 2.33. The molecule has 0 spiro atoms. The molecule has 0 unspecified atom stereocenters. The second-order valence-electron chi connectivity index (χ2n) is 7.13. The summed E-state index contributed by atoms with van der Waals surface area (Å²) in [5, 5.41) is 4.78. The van der Waals surface area contributed by atoms with Crippen LogP contribution in [0.2, 0.25) is 0 Å². The second kappa shape index (κ2) is 9.18. The van der Waals surface area contributed by atoms with Crippen LogP contribution in [0.3, 0.4) is 0 Å². The summed E-state index contributed by atoms with van der Waals surface area (Å²) in [6, 6.07) is 27.3. The minimum Gasteiger partial charge on any atom is -0.480 e. The number of amides is 1. The molecular weight excluding hydrogens is 454 g/mol. The Morgan fingerprint density at radius 2 is 1.58 bits per heavy atom. The van der Waals surface area contributed by atoms with Gasteiger partial charge in [-0.2, -0.15) is 9.78 Å². The number of hydrogen-bond donors (Lipinski definition) is 0. The van der Waals surface area contributed by atoms with E-state index >= 15 is 0 Å². The Bertz CT molecular complexity index is 1170. The molecule has 0 N–H and O–H groups in total. The van der Waals surface area contributed by atoms with Gasteiger partial charge in [0, 0.05) is 23.6 Å². The first-order valence-corrected chi connectivity index (χ1v) is 10.7. The molecule has 0 aliphatic rings. The molecule has 0 bridgehead atoms. The summed E-state index contributed by atoms with van der Waals surface area (Å²) in [5.41, 5.74) is 3.75. The van der Waals surface area contributed by atoms with Crippen LogP contribution in [0.15, 0.2) is 89.4 Å². The minimum atomic E-state index is -0.152. The van der Waals surface area contributed by atoms with Crippen LogP contribution >= 0.6 is 15.9 Å². The van der Waals surface area contributed by atoms with Crippen molar-refractivity contribution in [2.75, 3.05) is 14.2 Å². The molecule has 0 fully saturated rings. The van der Waals surface area contributed by atoms with E-state index in [1.54, 1.807) is 23.7 Å². The maximum absolute atomic E-state index is 13.6. The van der Waals surface area contributed by atoms with E-state index in [0.717, 1.165) is 21.3 Å². The van der Waals surface area contributed by atoms with E-state index in [4.69, 9.17) is 9.84 Å². The van der Waals surface area contributed by atoms with Crippen LogP contribution in [-0.2, 0) is 6.54 Å². The summed E-state index contributed by atoms with van der Waals surface area (Å²) in [5.74, 6) is 0.263. The van der Waals surface area contributed by atoms with Gasteiger partial charge in [0.25, 0.3) is 5.91 Å². The number of carbonyl (C=O) groups excluding carboxylic acids is 1. The fourth-order valence-electron chi connectivity index (χ4n) is 3.45. The van der Waals surface area contributed by atoms with Crippen molar-refractivity contribution in [2.24, 2.45) is 0 Å². The van der Waals surface area contributed by atoms with Gasteiger partial charge in [-0.1, -0.05) is 76.6 Å². The normalized spacial score (nSPS) is 10.7. The number of benzene rings is 3. The topological polar surface area (TPSA) is 47.4 Å². The van der Waals surface area contributed by atoms with Crippen LogP contribution in [0.25, 0.3) is 16.9 Å². The fraction of sp³-hybridized carbons (Fsp3) is 0.120. The fourth-order valence-corrected chi connectivity index (χ4v) is 3.72. The van der Waals surface area contributed by atoms with Gasteiger partial charge >= 0.3 is 0 Å². The Balaban J connectivity index is 1.80. The van der Waals surface area contributed by atoms with Crippen LogP contribution < -0.4 is 4.74 Å². The van der Waals surface area contributed by atoms with Crippen molar-refractivity contribution in [1.82, 2.24) is 14.7 Å². The van der Waals surface area contributed by atoms with Crippen molar-refractivity contribution in [1.29, 1.82) is 0 Å². The highest BCUT2D eigenvalue weighted by Gasteiger charge is 2.28. The SMILES string of the molecule is COc1c(C(=O)N(C)Cc2ccc(Br)cc2)c(-c2ccccc2)nn1-c1ccccc1. The number of halogens is 1. The molecule has 1 aromatic heterocycles. The van der Waals surface area contributed by atoms with E-state index in [9.17, 15) is 4.79 Å². The molecule has 1 amide bonds. The smallest absolute Gasteiger partial charge is 0.261 e. The molecule has 1 heterocycles. The number of para-hydroxylation sites is 1. The third-order valence-electron chi connectivity index (χ3n) is 4.98. The van der Waals surface area contributed by atoms with E-state index < -0.39 is 0 Å². The zero-order valence-corrected chi connectivity index (χ0v) is 18.9. The van der Waals surface area contributed by atoms with Gasteiger partial charge in [-0.05, 0) is 29.8 Å². The van der Waals surface area contributed by atoms with Crippen molar-refractivity contribution in [3.63, 3.8) is 0 Å². The van der Waals surface area contributed by atoms with Gasteiger partial charge < -0.3 is 9.64 Å². The summed E-state index contributed by atoms with van der Waals surface area (Å²) in [4.78, 5) is 15.3. The van der Waals surface area contributed by atoms with Crippen molar-refractivity contribution in [2.45, 2.75) is 6.54 Å². The van der Waals surface area contributed by atoms with Gasteiger partial charge in [0.1, 0.15) is 11.3 Å². The molecule has 0 saturated heterocycles. The van der Waals surface area contributed by atoms with Gasteiger partial charge in [-0.3, -0.25) is 4.79 Å². The van der Waals surface area contributed by atoms with E-state index in [-0.39, 0.29) is 5.91 Å². The van der Waals surface area contributed by atoms with Gasteiger partial charge in [0.2, 0.25) is 5.88 Å². The number of hydrogen-bond acceptors (Lipinski definition) is 3. The maximum atomic E-state index is 13.6. The van der Waals surface area contributed by atoms with Crippen molar-refractivity contribution in [3.8, 4) is 22.8 Å². The van der Waals surface area contributed by atoms with Crippen LogP contribution in [0, 0.1) is 0 Å². The number of carbonyl (C=O) groups is 1. The van der Waals surface area contributed by atoms with E-state index in [1.165, 1.54) is 0 Å². The first kappa shape index (κ1) is 20.9. The molecule has 31 heavy (non-hydrogen) atoms. The standard InChI is InChI=1S/C25H22BrN3O2/c1-28(17-18-13-15-20(26)16-14-18)24(30)22-23(19-9-5-3-6-10-19)27-29(25(22)31-2)21-11-7-4-8-12-21/h3-16H,17H2,1-2H3. The van der Waals surface area contributed by atoms with E-state index in [0.29, 0.717) is 23.7 Å². The van der Waals surface area contributed by atoms with Crippen molar-refractivity contribution in [3.05, 3.63) is 101 Å². The van der Waals surface area contributed by atoms with Crippen LogP contribution in [0.1, 0.15) is 15.9 Å². The number of rotatable bonds is 6. The molecule has 4 aromatic rings. The molecule has 0 atom stereocenters. The number of ether oxygens (including phenoxy) is 1. The lowest BCUT2D eigenvalue weighted by atomic mass is 10.1. The van der Waals surface area contributed by atoms with Crippen LogP contribution in [-0.4, -0.2) is 34.7 Å². The number of methoxy groups -OCH3 is 1. The lowest BCUT2D eigenvalue weighted by Crippen LogP contribution is -2.26. The summed E-state index contributed by atoms with van der Waals surface area (Å²) >= 11 is 3.45. The summed E-state index contributed by atoms with van der Waals surface area (Å²) in [6.07, 6.45) is 0. The Labute approximate surface area is 190 Å². The third kappa shape index (κ3) is 4.39. The molecule has 6 heteroatoms. The Morgan fingerprint density at radius 3 is 2.19 bits per heavy atom. The molecule has 5 nitrogen and oxygen atoms in total. The second-order valence-corrected chi connectivity index (χ2v) is 8.05. The van der Waals surface area contributed by atoms with Crippen molar-refractivity contribution >= 4 is 21.8 Å². The first-order valence-electron chi connectivity index (χ1n) is 9.86. The first-order chi connectivity index (χ1) is 15.1. The summed E-state index contributed by atoms with van der Waals surface area (Å²) in [6.45, 7) is 0.472. The Kier molecular flexibility index (Phi) is 6.18. The molecule has 3 aromatic carbocycles. The molecule has 0 saturated carbocycles. The molecule has 0 aliphatic heterocycles. The predicted molar refractivity (Wildman–Crippen MR) is 125 cm³/mol. The molecule has 4 rings (SSSR count). The Hall–Kier alpha value is -3.38. The zero-order chi connectivity index (χ0) is 21.8. The van der Waals surface area contributed by atoms with Crippen LogP contribution in [0.5, 0.6) is 5.88 Å². The van der Waals surface area contributed by atoms with E-state index in [2.05, 4.69) is 15.9 Å². The lowest BCUT2D eigenvalue weighted by molar-refractivity contribution is 0.0782. The molecule has 0 aliphatic carbocycles. The Morgan fingerprint density at radius 1 is 0.968 bits per heavy atom. The molecule has 0 radical (unpaired) electrons. The van der Waals surface area contributed by atoms with Gasteiger partial charge in [-0.15, -0.1) is 0 Å². The van der Waals surface area contributed by atoms with Crippen molar-refractivity contribution < 1.29 is 9.53 Å².